The fourth-order valence-corrected chi connectivity index (χ4v) is 1.14. The van der Waals surface area contributed by atoms with E-state index < -0.39 is 5.97 Å². The molecular weight excluding hydrogens is 182 g/mol. The normalized spacial score (nSPS) is 12.9. The lowest BCUT2D eigenvalue weighted by molar-refractivity contribution is 0.0696. The number of aromatic carboxylic acids is 1. The van der Waals surface area contributed by atoms with Crippen LogP contribution in [0.5, 0.6) is 0 Å². The maximum absolute atomic E-state index is 10.7. The van der Waals surface area contributed by atoms with Crippen molar-refractivity contribution in [2.45, 2.75) is 0 Å². The number of fused-ring (bicyclic) bond motifs is 1. The molecule has 0 fully saturated rings. The maximum atomic E-state index is 10.7. The molecule has 0 unspecified atom stereocenters. The van der Waals surface area contributed by atoms with Crippen molar-refractivity contribution in [3.05, 3.63) is 41.6 Å². The average molecular weight is 189 g/mol. The quantitative estimate of drug-likeness (QED) is 0.731. The summed E-state index contributed by atoms with van der Waals surface area (Å²) in [5.41, 5.74) is 1.60. The van der Waals surface area contributed by atoms with Crippen LogP contribution in [0.4, 0.5) is 0 Å². The van der Waals surface area contributed by atoms with E-state index in [0.717, 1.165) is 5.56 Å². The zero-order valence-corrected chi connectivity index (χ0v) is 7.18. The number of pyridine rings is 1. The second kappa shape index (κ2) is 3.33. The summed E-state index contributed by atoms with van der Waals surface area (Å²) in [6.07, 6.45) is 7.66. The monoisotopic (exact) mass is 189 g/mol. The Bertz CT molecular complexity index is 435. The molecular formula is C10H7NO3. The van der Waals surface area contributed by atoms with Gasteiger partial charge in [0.25, 0.3) is 0 Å². The lowest BCUT2D eigenvalue weighted by Crippen LogP contribution is -1.99. The summed E-state index contributed by atoms with van der Waals surface area (Å²) < 4.78 is 4.93. The van der Waals surface area contributed by atoms with Crippen molar-refractivity contribution >= 4 is 18.1 Å². The molecule has 0 spiro atoms. The van der Waals surface area contributed by atoms with Crippen molar-refractivity contribution in [1.29, 1.82) is 0 Å². The zero-order chi connectivity index (χ0) is 9.97. The van der Waals surface area contributed by atoms with E-state index in [9.17, 15) is 4.79 Å². The average Bonchev–Trinajstić information content (AvgIpc) is 2.41. The van der Waals surface area contributed by atoms with Crippen LogP contribution in [-0.2, 0) is 4.74 Å². The Morgan fingerprint density at radius 3 is 2.93 bits per heavy atom. The Labute approximate surface area is 80.2 Å². The van der Waals surface area contributed by atoms with Gasteiger partial charge in [0, 0.05) is 11.8 Å². The molecule has 0 saturated heterocycles. The number of carboxylic acids is 1. The summed E-state index contributed by atoms with van der Waals surface area (Å²) in [7, 11) is 0. The molecule has 0 amide bonds. The molecule has 1 aliphatic heterocycles. The Morgan fingerprint density at radius 1 is 1.36 bits per heavy atom. The Hall–Kier alpha value is -2.10. The minimum atomic E-state index is -0.983. The van der Waals surface area contributed by atoms with Crippen LogP contribution in [0.15, 0.2) is 24.8 Å². The molecule has 1 N–H and O–H groups in total. The number of rotatable bonds is 1. The van der Waals surface area contributed by atoms with Crippen molar-refractivity contribution in [1.82, 2.24) is 4.98 Å². The predicted molar refractivity (Wildman–Crippen MR) is 50.3 cm³/mol. The topological polar surface area (TPSA) is 59.4 Å². The van der Waals surface area contributed by atoms with Crippen LogP contribution in [0.1, 0.15) is 21.6 Å². The molecule has 0 aliphatic carbocycles. The van der Waals surface area contributed by atoms with Gasteiger partial charge in [-0.05, 0) is 18.2 Å². The minimum absolute atomic E-state index is 0.170. The highest BCUT2D eigenvalue weighted by Crippen LogP contribution is 2.15. The standard InChI is InChI=1S/C10H7NO3/c12-10(13)8-5-7-1-3-14-4-2-9(7)11-6-8/h1-6H,(H,12,13). The van der Waals surface area contributed by atoms with Gasteiger partial charge in [-0.1, -0.05) is 0 Å². The van der Waals surface area contributed by atoms with Crippen molar-refractivity contribution in [2.75, 3.05) is 0 Å². The number of hydrogen-bond donors (Lipinski definition) is 1. The van der Waals surface area contributed by atoms with Gasteiger partial charge in [0.2, 0.25) is 0 Å². The van der Waals surface area contributed by atoms with E-state index in [-0.39, 0.29) is 5.56 Å². The van der Waals surface area contributed by atoms with E-state index >= 15 is 0 Å². The van der Waals surface area contributed by atoms with Gasteiger partial charge < -0.3 is 9.84 Å². The molecule has 2 rings (SSSR count). The van der Waals surface area contributed by atoms with E-state index in [2.05, 4.69) is 4.98 Å². The van der Waals surface area contributed by atoms with Crippen LogP contribution in [0.2, 0.25) is 0 Å². The third-order valence-corrected chi connectivity index (χ3v) is 1.83. The van der Waals surface area contributed by atoms with Gasteiger partial charge >= 0.3 is 5.97 Å². The first-order valence-corrected chi connectivity index (χ1v) is 3.99. The molecule has 4 nitrogen and oxygen atoms in total. The van der Waals surface area contributed by atoms with E-state index in [4.69, 9.17) is 9.84 Å². The largest absolute Gasteiger partial charge is 0.478 e. The third-order valence-electron chi connectivity index (χ3n) is 1.83. The summed E-state index contributed by atoms with van der Waals surface area (Å²) in [5, 5.41) is 8.74. The summed E-state index contributed by atoms with van der Waals surface area (Å²) in [6.45, 7) is 0. The van der Waals surface area contributed by atoms with Crippen LogP contribution in [-0.4, -0.2) is 16.1 Å². The number of aromatic nitrogens is 1. The number of ether oxygens (including phenoxy) is 1. The van der Waals surface area contributed by atoms with Gasteiger partial charge in [-0.2, -0.15) is 0 Å². The number of carboxylic acid groups (broad SMARTS) is 1. The lowest BCUT2D eigenvalue weighted by atomic mass is 10.1. The lowest BCUT2D eigenvalue weighted by Gasteiger charge is -1.99. The second-order valence-electron chi connectivity index (χ2n) is 2.75. The van der Waals surface area contributed by atoms with Crippen molar-refractivity contribution < 1.29 is 14.6 Å². The predicted octanol–water partition coefficient (Wildman–Crippen LogP) is 1.75. The fraction of sp³-hybridized carbons (Fsp3) is 0. The van der Waals surface area contributed by atoms with E-state index in [1.54, 1.807) is 18.2 Å². The van der Waals surface area contributed by atoms with Crippen molar-refractivity contribution in [2.24, 2.45) is 0 Å². The Kier molecular flexibility index (Phi) is 2.02. The van der Waals surface area contributed by atoms with E-state index in [0.29, 0.717) is 5.69 Å². The molecule has 0 atom stereocenters. The summed E-state index contributed by atoms with van der Waals surface area (Å²) in [5.74, 6) is -0.983. The highest BCUT2D eigenvalue weighted by atomic mass is 16.5. The third kappa shape index (κ3) is 1.50. The second-order valence-corrected chi connectivity index (χ2v) is 2.75. The number of hydrogen-bond acceptors (Lipinski definition) is 3. The van der Waals surface area contributed by atoms with Crippen LogP contribution in [0.25, 0.3) is 12.2 Å². The summed E-state index contributed by atoms with van der Waals surface area (Å²) in [4.78, 5) is 14.7. The zero-order valence-electron chi connectivity index (χ0n) is 7.18. The van der Waals surface area contributed by atoms with Crippen LogP contribution >= 0.6 is 0 Å². The molecule has 0 aromatic carbocycles. The van der Waals surface area contributed by atoms with Crippen molar-refractivity contribution in [3.63, 3.8) is 0 Å². The first-order valence-electron chi connectivity index (χ1n) is 3.99. The van der Waals surface area contributed by atoms with Gasteiger partial charge in [-0.15, -0.1) is 0 Å². The fourth-order valence-electron chi connectivity index (χ4n) is 1.14. The number of carbonyl (C=O) groups is 1. The molecule has 0 bridgehead atoms. The van der Waals surface area contributed by atoms with Gasteiger partial charge in [0.15, 0.2) is 0 Å². The number of nitrogens with zero attached hydrogens (tertiary/aromatic N) is 1. The molecule has 4 heteroatoms. The van der Waals surface area contributed by atoms with Crippen LogP contribution in [0, 0.1) is 0 Å². The summed E-state index contributed by atoms with van der Waals surface area (Å²) in [6, 6.07) is 1.56. The highest BCUT2D eigenvalue weighted by Gasteiger charge is 2.07. The molecule has 70 valence electrons. The molecule has 2 heterocycles. The SMILES string of the molecule is O=C(O)c1cnc2c(c1)C=COC=C2. The first-order chi connectivity index (χ1) is 6.77. The Balaban J connectivity index is 2.53. The minimum Gasteiger partial charge on any atom is -0.478 e. The smallest absolute Gasteiger partial charge is 0.337 e. The molecule has 0 saturated carbocycles. The first kappa shape index (κ1) is 8.50. The molecule has 1 aliphatic rings. The maximum Gasteiger partial charge on any atom is 0.337 e. The van der Waals surface area contributed by atoms with Crippen LogP contribution < -0.4 is 0 Å². The Morgan fingerprint density at radius 2 is 2.14 bits per heavy atom. The van der Waals surface area contributed by atoms with Crippen molar-refractivity contribution in [3.8, 4) is 0 Å². The van der Waals surface area contributed by atoms with Gasteiger partial charge in [-0.3, -0.25) is 4.98 Å². The molecule has 1 aromatic heterocycles. The van der Waals surface area contributed by atoms with Gasteiger partial charge in [0.1, 0.15) is 0 Å². The van der Waals surface area contributed by atoms with E-state index in [1.165, 1.54) is 18.7 Å². The summed E-state index contributed by atoms with van der Waals surface area (Å²) >= 11 is 0. The van der Waals surface area contributed by atoms with Gasteiger partial charge in [-0.25, -0.2) is 4.79 Å². The van der Waals surface area contributed by atoms with Crippen LogP contribution in [0.3, 0.4) is 0 Å². The highest BCUT2D eigenvalue weighted by molar-refractivity contribution is 5.88. The molecule has 14 heavy (non-hydrogen) atoms. The molecule has 0 radical (unpaired) electrons. The molecule has 1 aromatic rings. The van der Waals surface area contributed by atoms with Gasteiger partial charge in [0.05, 0.1) is 23.8 Å². The van der Waals surface area contributed by atoms with E-state index in [1.807, 2.05) is 0 Å².